The van der Waals surface area contributed by atoms with Crippen molar-refractivity contribution in [2.75, 3.05) is 25.4 Å². The van der Waals surface area contributed by atoms with Gasteiger partial charge in [-0.1, -0.05) is 30.0 Å². The van der Waals surface area contributed by atoms with E-state index in [-0.39, 0.29) is 0 Å². The van der Waals surface area contributed by atoms with Crippen molar-refractivity contribution in [2.24, 2.45) is 13.0 Å². The molecule has 36 heavy (non-hydrogen) atoms. The summed E-state index contributed by atoms with van der Waals surface area (Å²) >= 11 is 3.39. The Bertz CT molecular complexity index is 1410. The van der Waals surface area contributed by atoms with Crippen LogP contribution in [0.3, 0.4) is 0 Å². The van der Waals surface area contributed by atoms with Gasteiger partial charge in [-0.3, -0.25) is 0 Å². The molecule has 1 aliphatic heterocycles. The lowest BCUT2D eigenvalue weighted by atomic mass is 9.95. The molecule has 0 spiro atoms. The summed E-state index contributed by atoms with van der Waals surface area (Å²) in [6.07, 6.45) is -2.03. The zero-order valence-corrected chi connectivity index (χ0v) is 21.7. The SMILES string of the molecule is Cc1nc2cc(C34CC3CN(CCCSc3nnc(-c5ccc(C(F)(F)F)cc5)n3C)C4)ccc2s1. The van der Waals surface area contributed by atoms with Gasteiger partial charge in [0.05, 0.1) is 20.8 Å². The van der Waals surface area contributed by atoms with Crippen LogP contribution in [0.25, 0.3) is 21.6 Å². The van der Waals surface area contributed by atoms with Crippen molar-refractivity contribution in [1.29, 1.82) is 0 Å². The number of halogens is 3. The molecule has 2 fully saturated rings. The van der Waals surface area contributed by atoms with Crippen LogP contribution >= 0.6 is 23.1 Å². The summed E-state index contributed by atoms with van der Waals surface area (Å²) in [6, 6.07) is 11.9. The number of likely N-dealkylation sites (tertiary alicyclic amines) is 1. The van der Waals surface area contributed by atoms with E-state index in [2.05, 4.69) is 45.2 Å². The highest BCUT2D eigenvalue weighted by Crippen LogP contribution is 2.59. The van der Waals surface area contributed by atoms with E-state index in [9.17, 15) is 13.2 Å². The molecule has 2 unspecified atom stereocenters. The van der Waals surface area contributed by atoms with Gasteiger partial charge in [0.25, 0.3) is 0 Å². The fourth-order valence-corrected chi connectivity index (χ4v) is 7.15. The van der Waals surface area contributed by atoms with E-state index in [4.69, 9.17) is 0 Å². The Hall–Kier alpha value is -2.43. The first-order valence-corrected chi connectivity index (χ1v) is 13.8. The highest BCUT2D eigenvalue weighted by molar-refractivity contribution is 7.99. The van der Waals surface area contributed by atoms with Crippen LogP contribution in [0.2, 0.25) is 0 Å². The first-order valence-electron chi connectivity index (χ1n) is 12.0. The van der Waals surface area contributed by atoms with E-state index in [1.54, 1.807) is 23.1 Å². The summed E-state index contributed by atoms with van der Waals surface area (Å²) in [5, 5.41) is 10.4. The first kappa shape index (κ1) is 23.9. The summed E-state index contributed by atoms with van der Waals surface area (Å²) in [5.41, 5.74) is 2.83. The fourth-order valence-electron chi connectivity index (χ4n) is 5.51. The lowest BCUT2D eigenvalue weighted by Gasteiger charge is -2.21. The number of piperidine rings is 1. The molecule has 1 aliphatic carbocycles. The molecule has 2 aliphatic rings. The summed E-state index contributed by atoms with van der Waals surface area (Å²) < 4.78 is 41.6. The van der Waals surface area contributed by atoms with E-state index in [1.165, 1.54) is 28.8 Å². The Morgan fingerprint density at radius 3 is 2.72 bits per heavy atom. The molecule has 188 valence electrons. The lowest BCUT2D eigenvalue weighted by Crippen LogP contribution is -2.27. The number of benzene rings is 2. The normalized spacial score (nSPS) is 21.9. The van der Waals surface area contributed by atoms with Crippen LogP contribution in [0.1, 0.15) is 29.0 Å². The predicted octanol–water partition coefficient (Wildman–Crippen LogP) is 6.17. The topological polar surface area (TPSA) is 46.8 Å². The monoisotopic (exact) mass is 529 g/mol. The molecule has 1 saturated carbocycles. The quantitative estimate of drug-likeness (QED) is 0.212. The highest BCUT2D eigenvalue weighted by atomic mass is 32.2. The lowest BCUT2D eigenvalue weighted by molar-refractivity contribution is -0.137. The third-order valence-corrected chi connectivity index (χ3v) is 9.50. The van der Waals surface area contributed by atoms with Crippen LogP contribution in [0.15, 0.2) is 47.6 Å². The van der Waals surface area contributed by atoms with E-state index in [0.29, 0.717) is 16.8 Å². The second-order valence-corrected chi connectivity index (χ2v) is 12.1. The first-order chi connectivity index (χ1) is 17.2. The van der Waals surface area contributed by atoms with Gasteiger partial charge in [0.15, 0.2) is 11.0 Å². The van der Waals surface area contributed by atoms with Crippen LogP contribution in [0.5, 0.6) is 0 Å². The third kappa shape index (κ3) is 4.33. The van der Waals surface area contributed by atoms with Crippen molar-refractivity contribution in [3.63, 3.8) is 0 Å². The standard InChI is InChI=1S/C26H26F3N5S2/c1-16-30-21-12-19(8-9-22(21)36-16)25-13-20(25)14-34(15-25)10-3-11-35-24-32-31-23(33(24)2)17-4-6-18(7-5-17)26(27,28)29/h4-9,12,20H,3,10-11,13-15H2,1-2H3. The number of alkyl halides is 3. The number of aromatic nitrogens is 4. The molecular formula is C26H26F3N5S2. The number of thioether (sulfide) groups is 1. The van der Waals surface area contributed by atoms with Gasteiger partial charge >= 0.3 is 6.18 Å². The van der Waals surface area contributed by atoms with Gasteiger partial charge in [0.1, 0.15) is 0 Å². The van der Waals surface area contributed by atoms with Crippen molar-refractivity contribution >= 4 is 33.3 Å². The average Bonchev–Trinajstić information content (AvgIpc) is 3.12. The van der Waals surface area contributed by atoms with Crippen LogP contribution < -0.4 is 0 Å². The van der Waals surface area contributed by atoms with Crippen molar-refractivity contribution in [1.82, 2.24) is 24.6 Å². The van der Waals surface area contributed by atoms with Gasteiger partial charge in [-0.05, 0) is 62.1 Å². The largest absolute Gasteiger partial charge is 0.416 e. The molecule has 0 bridgehead atoms. The molecule has 2 atom stereocenters. The molecule has 10 heteroatoms. The second kappa shape index (κ2) is 8.85. The number of hydrogen-bond acceptors (Lipinski definition) is 6. The van der Waals surface area contributed by atoms with Gasteiger partial charge in [0, 0.05) is 36.9 Å². The maximum Gasteiger partial charge on any atom is 0.416 e. The molecule has 5 nitrogen and oxygen atoms in total. The van der Waals surface area contributed by atoms with Gasteiger partial charge < -0.3 is 9.47 Å². The van der Waals surface area contributed by atoms with Crippen molar-refractivity contribution in [3.8, 4) is 11.4 Å². The van der Waals surface area contributed by atoms with Crippen LogP contribution in [-0.2, 0) is 18.6 Å². The number of nitrogens with zero attached hydrogens (tertiary/aromatic N) is 5. The molecule has 0 amide bonds. The highest BCUT2D eigenvalue weighted by Gasteiger charge is 2.60. The zero-order valence-electron chi connectivity index (χ0n) is 20.0. The van der Waals surface area contributed by atoms with E-state index in [1.807, 2.05) is 11.6 Å². The molecule has 6 rings (SSSR count). The molecule has 3 heterocycles. The van der Waals surface area contributed by atoms with Crippen molar-refractivity contribution in [2.45, 2.75) is 36.5 Å². The Labute approximate surface area is 215 Å². The Morgan fingerprint density at radius 2 is 1.94 bits per heavy atom. The van der Waals surface area contributed by atoms with Gasteiger partial charge in [-0.2, -0.15) is 13.2 Å². The van der Waals surface area contributed by atoms with Crippen LogP contribution in [0, 0.1) is 12.8 Å². The summed E-state index contributed by atoms with van der Waals surface area (Å²) in [6.45, 7) is 5.38. The van der Waals surface area contributed by atoms with Gasteiger partial charge in [-0.15, -0.1) is 21.5 Å². The molecule has 1 saturated heterocycles. The number of thiazole rings is 1. The maximum atomic E-state index is 12.8. The minimum atomic E-state index is -4.34. The van der Waals surface area contributed by atoms with Crippen LogP contribution in [0.4, 0.5) is 13.2 Å². The molecule has 4 aromatic rings. The van der Waals surface area contributed by atoms with E-state index in [0.717, 1.165) is 65.5 Å². The summed E-state index contributed by atoms with van der Waals surface area (Å²) in [7, 11) is 1.85. The Balaban J connectivity index is 1.02. The Morgan fingerprint density at radius 1 is 1.14 bits per heavy atom. The molecule has 2 aromatic heterocycles. The average molecular weight is 530 g/mol. The van der Waals surface area contributed by atoms with Crippen molar-refractivity contribution in [3.05, 3.63) is 58.6 Å². The van der Waals surface area contributed by atoms with Crippen LogP contribution in [-0.4, -0.2) is 50.0 Å². The minimum Gasteiger partial charge on any atom is -0.305 e. The number of hydrogen-bond donors (Lipinski definition) is 0. The predicted molar refractivity (Wildman–Crippen MR) is 137 cm³/mol. The molecule has 0 radical (unpaired) electrons. The molecular weight excluding hydrogens is 503 g/mol. The second-order valence-electron chi connectivity index (χ2n) is 9.85. The molecule has 2 aromatic carbocycles. The minimum absolute atomic E-state index is 0.305. The third-order valence-electron chi connectivity index (χ3n) is 7.44. The summed E-state index contributed by atoms with van der Waals surface area (Å²) in [5.74, 6) is 2.23. The smallest absolute Gasteiger partial charge is 0.305 e. The van der Waals surface area contributed by atoms with Gasteiger partial charge in [0.2, 0.25) is 0 Å². The number of fused-ring (bicyclic) bond motifs is 2. The Kier molecular flexibility index (Phi) is 5.88. The number of aryl methyl sites for hydroxylation is 1. The van der Waals surface area contributed by atoms with Gasteiger partial charge in [-0.25, -0.2) is 4.98 Å². The molecule has 0 N–H and O–H groups in total. The summed E-state index contributed by atoms with van der Waals surface area (Å²) in [4.78, 5) is 7.27. The zero-order chi connectivity index (χ0) is 25.1. The number of rotatable bonds is 7. The fraction of sp³-hybridized carbons (Fsp3) is 0.423. The maximum absolute atomic E-state index is 12.8. The van der Waals surface area contributed by atoms with E-state index >= 15 is 0 Å². The van der Waals surface area contributed by atoms with E-state index < -0.39 is 11.7 Å². The van der Waals surface area contributed by atoms with Crippen molar-refractivity contribution < 1.29 is 13.2 Å².